The van der Waals surface area contributed by atoms with Gasteiger partial charge in [0, 0.05) is 11.5 Å². The Hall–Kier alpha value is -0.820. The molecule has 0 saturated carbocycles. The summed E-state index contributed by atoms with van der Waals surface area (Å²) in [6.07, 6.45) is 7.85. The smallest absolute Gasteiger partial charge is 0.0809 e. The molecule has 0 fully saturated rings. The van der Waals surface area contributed by atoms with Crippen molar-refractivity contribution in [1.82, 2.24) is 0 Å². The van der Waals surface area contributed by atoms with Crippen molar-refractivity contribution in [3.63, 3.8) is 0 Å². The average Bonchev–Trinajstić information content (AvgIpc) is 2.87. The molecule has 0 aliphatic heterocycles. The largest absolute Gasteiger partial charge is 0.376 e. The monoisotopic (exact) mass is 279 g/mol. The van der Waals surface area contributed by atoms with Crippen molar-refractivity contribution < 1.29 is 4.74 Å². The Morgan fingerprint density at radius 3 is 2.74 bits per heavy atom. The first kappa shape index (κ1) is 16.2. The molecule has 0 amide bonds. The van der Waals surface area contributed by atoms with Gasteiger partial charge in [-0.05, 0) is 18.6 Å². The Balaban J connectivity index is 2.04. The second kappa shape index (κ2) is 11.0. The zero-order valence-corrected chi connectivity index (χ0v) is 12.7. The van der Waals surface area contributed by atoms with Gasteiger partial charge in [0.1, 0.15) is 0 Å². The van der Waals surface area contributed by atoms with Gasteiger partial charge >= 0.3 is 0 Å². The Morgan fingerprint density at radius 1 is 1.16 bits per heavy atom. The van der Waals surface area contributed by atoms with Gasteiger partial charge < -0.3 is 10.5 Å². The van der Waals surface area contributed by atoms with E-state index < -0.39 is 0 Å². The fraction of sp³-hybridized carbons (Fsp3) is 0.625. The van der Waals surface area contributed by atoms with Gasteiger partial charge in [-0.15, -0.1) is 11.3 Å². The number of unbranched alkanes of at least 4 members (excludes halogenated alkanes) is 5. The first-order chi connectivity index (χ1) is 9.36. The molecule has 0 spiro atoms. The summed E-state index contributed by atoms with van der Waals surface area (Å²) >= 11 is 1.69. The van der Waals surface area contributed by atoms with E-state index in [9.17, 15) is 0 Å². The standard InChI is InChI=1S/C16H25NOS/c1-2-3-4-5-6-7-13-18-14-16-11-10-15(19-16)9-8-12-17/h10-11H,2-7,12-14,17H2,1H3. The lowest BCUT2D eigenvalue weighted by molar-refractivity contribution is 0.119. The second-order valence-corrected chi connectivity index (χ2v) is 5.76. The molecule has 0 atom stereocenters. The molecule has 19 heavy (non-hydrogen) atoms. The summed E-state index contributed by atoms with van der Waals surface area (Å²) in [5, 5.41) is 0. The van der Waals surface area contributed by atoms with E-state index in [0.717, 1.165) is 11.5 Å². The van der Waals surface area contributed by atoms with E-state index in [2.05, 4.69) is 24.8 Å². The average molecular weight is 279 g/mol. The van der Waals surface area contributed by atoms with Crippen molar-refractivity contribution in [2.24, 2.45) is 5.73 Å². The topological polar surface area (TPSA) is 35.2 Å². The molecule has 1 heterocycles. The maximum atomic E-state index is 5.68. The lowest BCUT2D eigenvalue weighted by Gasteiger charge is -2.02. The maximum Gasteiger partial charge on any atom is 0.0809 e. The van der Waals surface area contributed by atoms with Gasteiger partial charge in [-0.1, -0.05) is 50.9 Å². The molecule has 0 unspecified atom stereocenters. The predicted molar refractivity (Wildman–Crippen MR) is 83.3 cm³/mol. The molecule has 3 heteroatoms. The first-order valence-corrected chi connectivity index (χ1v) is 8.04. The fourth-order valence-electron chi connectivity index (χ4n) is 1.82. The molecule has 106 valence electrons. The molecule has 0 aliphatic carbocycles. The normalized spacial score (nSPS) is 10.2. The molecule has 0 aliphatic rings. The highest BCUT2D eigenvalue weighted by molar-refractivity contribution is 7.12. The highest BCUT2D eigenvalue weighted by Gasteiger charge is 1.98. The summed E-state index contributed by atoms with van der Waals surface area (Å²) in [7, 11) is 0. The minimum Gasteiger partial charge on any atom is -0.376 e. The third kappa shape index (κ3) is 8.05. The van der Waals surface area contributed by atoms with Crippen molar-refractivity contribution in [3.05, 3.63) is 21.9 Å². The van der Waals surface area contributed by atoms with Crippen LogP contribution in [-0.2, 0) is 11.3 Å². The van der Waals surface area contributed by atoms with Gasteiger partial charge in [0.05, 0.1) is 18.0 Å². The third-order valence-electron chi connectivity index (χ3n) is 2.86. The predicted octanol–water partition coefficient (Wildman–Crippen LogP) is 3.94. The van der Waals surface area contributed by atoms with Gasteiger partial charge in [0.2, 0.25) is 0 Å². The summed E-state index contributed by atoms with van der Waals surface area (Å²) in [6.45, 7) is 4.25. The van der Waals surface area contributed by atoms with E-state index in [1.807, 2.05) is 6.07 Å². The Morgan fingerprint density at radius 2 is 1.95 bits per heavy atom. The minimum atomic E-state index is 0.418. The lowest BCUT2D eigenvalue weighted by Crippen LogP contribution is -1.93. The van der Waals surface area contributed by atoms with Crippen LogP contribution in [0.5, 0.6) is 0 Å². The van der Waals surface area contributed by atoms with Crippen molar-refractivity contribution in [3.8, 4) is 11.8 Å². The van der Waals surface area contributed by atoms with Crippen LogP contribution >= 0.6 is 11.3 Å². The van der Waals surface area contributed by atoms with E-state index in [1.165, 1.54) is 43.4 Å². The molecule has 1 aromatic heterocycles. The van der Waals surface area contributed by atoms with Crippen LogP contribution in [0.4, 0.5) is 0 Å². The quantitative estimate of drug-likeness (QED) is 0.549. The first-order valence-electron chi connectivity index (χ1n) is 7.22. The lowest BCUT2D eigenvalue weighted by atomic mass is 10.1. The van der Waals surface area contributed by atoms with Crippen LogP contribution in [0.2, 0.25) is 0 Å². The van der Waals surface area contributed by atoms with Crippen molar-refractivity contribution in [2.75, 3.05) is 13.2 Å². The van der Waals surface area contributed by atoms with E-state index in [0.29, 0.717) is 13.2 Å². The Labute approximate surface area is 121 Å². The Bertz CT molecular complexity index is 389. The zero-order valence-electron chi connectivity index (χ0n) is 11.9. The van der Waals surface area contributed by atoms with Crippen LogP contribution in [0.15, 0.2) is 12.1 Å². The second-order valence-electron chi connectivity index (χ2n) is 4.59. The van der Waals surface area contributed by atoms with E-state index >= 15 is 0 Å². The van der Waals surface area contributed by atoms with Gasteiger partial charge in [-0.2, -0.15) is 0 Å². The van der Waals surface area contributed by atoms with Crippen LogP contribution in [0.25, 0.3) is 0 Å². The molecule has 1 rings (SSSR count). The molecule has 2 nitrogen and oxygen atoms in total. The van der Waals surface area contributed by atoms with Crippen LogP contribution in [0.1, 0.15) is 55.2 Å². The van der Waals surface area contributed by atoms with Gasteiger partial charge in [-0.25, -0.2) is 0 Å². The zero-order chi connectivity index (χ0) is 13.8. The van der Waals surface area contributed by atoms with Gasteiger partial charge in [0.15, 0.2) is 0 Å². The Kier molecular flexibility index (Phi) is 9.44. The highest BCUT2D eigenvalue weighted by Crippen LogP contribution is 2.16. The summed E-state index contributed by atoms with van der Waals surface area (Å²) in [4.78, 5) is 2.32. The molecular formula is C16H25NOS. The number of thiophene rings is 1. The number of hydrogen-bond acceptors (Lipinski definition) is 3. The van der Waals surface area contributed by atoms with E-state index in [1.54, 1.807) is 11.3 Å². The number of hydrogen-bond donors (Lipinski definition) is 1. The molecule has 0 saturated heterocycles. The van der Waals surface area contributed by atoms with Gasteiger partial charge in [0.25, 0.3) is 0 Å². The molecule has 0 radical (unpaired) electrons. The molecule has 1 aromatic rings. The van der Waals surface area contributed by atoms with Crippen molar-refractivity contribution >= 4 is 11.3 Å². The van der Waals surface area contributed by atoms with Crippen LogP contribution in [-0.4, -0.2) is 13.2 Å². The van der Waals surface area contributed by atoms with Crippen LogP contribution in [0, 0.1) is 11.8 Å². The van der Waals surface area contributed by atoms with Crippen LogP contribution in [0.3, 0.4) is 0 Å². The highest BCUT2D eigenvalue weighted by atomic mass is 32.1. The summed E-state index contributed by atoms with van der Waals surface area (Å²) < 4.78 is 5.68. The number of ether oxygens (including phenoxy) is 1. The summed E-state index contributed by atoms with van der Waals surface area (Å²) in [5.41, 5.74) is 5.35. The van der Waals surface area contributed by atoms with E-state index in [-0.39, 0.29) is 0 Å². The SMILES string of the molecule is CCCCCCCCOCc1ccc(C#CCN)s1. The number of nitrogens with two attached hydrogens (primary N) is 1. The van der Waals surface area contributed by atoms with Crippen LogP contribution < -0.4 is 5.73 Å². The molecule has 0 bridgehead atoms. The summed E-state index contributed by atoms with van der Waals surface area (Å²) in [5.74, 6) is 5.91. The van der Waals surface area contributed by atoms with Crippen molar-refractivity contribution in [1.29, 1.82) is 0 Å². The van der Waals surface area contributed by atoms with Gasteiger partial charge in [-0.3, -0.25) is 0 Å². The van der Waals surface area contributed by atoms with E-state index in [4.69, 9.17) is 10.5 Å². The minimum absolute atomic E-state index is 0.418. The maximum absolute atomic E-state index is 5.68. The molecular weight excluding hydrogens is 254 g/mol. The van der Waals surface area contributed by atoms with Crippen molar-refractivity contribution in [2.45, 2.75) is 52.1 Å². The summed E-state index contributed by atoms with van der Waals surface area (Å²) in [6, 6.07) is 4.13. The molecule has 0 aromatic carbocycles. The third-order valence-corrected chi connectivity index (χ3v) is 3.84. The fourth-order valence-corrected chi connectivity index (χ4v) is 2.64. The number of rotatable bonds is 9. The molecule has 2 N–H and O–H groups in total.